The second kappa shape index (κ2) is 6.47. The summed E-state index contributed by atoms with van der Waals surface area (Å²) in [6, 6.07) is 5.40. The number of non-ortho nitro benzene ring substituents is 1. The van der Waals surface area contributed by atoms with Gasteiger partial charge in [-0.25, -0.2) is 4.21 Å². The van der Waals surface area contributed by atoms with Crippen LogP contribution in [0.1, 0.15) is 0 Å². The predicted octanol–water partition coefficient (Wildman–Crippen LogP) is 1.46. The van der Waals surface area contributed by atoms with Crippen LogP contribution in [0.5, 0.6) is 0 Å². The third kappa shape index (κ3) is 3.82. The third-order valence-electron chi connectivity index (χ3n) is 1.21. The summed E-state index contributed by atoms with van der Waals surface area (Å²) in [6.07, 6.45) is 0. The lowest BCUT2D eigenvalue weighted by Crippen LogP contribution is -1.89. The molecule has 1 aromatic rings. The molecule has 0 amide bonds. The molecule has 0 fully saturated rings. The Labute approximate surface area is 87.4 Å². The molecule has 0 saturated carbocycles. The molecule has 1 rings (SSSR count). The standard InChI is InChI=1S/C6H4ClNO3S.CH4O/c7-12(11)6-3-1-2-5(4-6)8(9)10;1-2/h1-4H;2H,1H3. The van der Waals surface area contributed by atoms with Gasteiger partial charge in [0.1, 0.15) is 10.0 Å². The first kappa shape index (κ1) is 13.0. The molecule has 0 bridgehead atoms. The molecule has 0 aliphatic heterocycles. The van der Waals surface area contributed by atoms with E-state index in [1.807, 2.05) is 0 Å². The lowest BCUT2D eigenvalue weighted by Gasteiger charge is -1.93. The van der Waals surface area contributed by atoms with Crippen molar-refractivity contribution >= 4 is 26.4 Å². The van der Waals surface area contributed by atoms with Crippen LogP contribution < -0.4 is 0 Å². The number of rotatable bonds is 2. The van der Waals surface area contributed by atoms with Gasteiger partial charge in [0.2, 0.25) is 0 Å². The molecule has 7 heteroatoms. The molecule has 0 heterocycles. The number of benzene rings is 1. The van der Waals surface area contributed by atoms with Crippen LogP contribution in [0.3, 0.4) is 0 Å². The first-order valence-electron chi connectivity index (χ1n) is 3.38. The van der Waals surface area contributed by atoms with Crippen molar-refractivity contribution in [3.63, 3.8) is 0 Å². The van der Waals surface area contributed by atoms with E-state index in [-0.39, 0.29) is 10.6 Å². The highest BCUT2D eigenvalue weighted by Crippen LogP contribution is 2.17. The third-order valence-corrected chi connectivity index (χ3v) is 2.37. The van der Waals surface area contributed by atoms with Crippen molar-refractivity contribution in [2.24, 2.45) is 0 Å². The van der Waals surface area contributed by atoms with E-state index >= 15 is 0 Å². The van der Waals surface area contributed by atoms with Crippen molar-refractivity contribution in [2.45, 2.75) is 4.90 Å². The fourth-order valence-electron chi connectivity index (χ4n) is 0.697. The molecule has 14 heavy (non-hydrogen) atoms. The smallest absolute Gasteiger partial charge is 0.270 e. The molecule has 78 valence electrons. The van der Waals surface area contributed by atoms with Gasteiger partial charge in [-0.2, -0.15) is 0 Å². The van der Waals surface area contributed by atoms with Gasteiger partial charge in [0, 0.05) is 19.2 Å². The molecule has 0 spiro atoms. The second-order valence-electron chi connectivity index (χ2n) is 1.98. The zero-order valence-corrected chi connectivity index (χ0v) is 8.79. The Morgan fingerprint density at radius 2 is 2.07 bits per heavy atom. The van der Waals surface area contributed by atoms with Crippen molar-refractivity contribution in [1.29, 1.82) is 0 Å². The summed E-state index contributed by atoms with van der Waals surface area (Å²) in [4.78, 5) is 9.92. The molecular weight excluding hydrogens is 230 g/mol. The second-order valence-corrected chi connectivity index (χ2v) is 3.74. The molecule has 0 aliphatic carbocycles. The Morgan fingerprint density at radius 3 is 2.50 bits per heavy atom. The van der Waals surface area contributed by atoms with Crippen LogP contribution in [0.15, 0.2) is 29.2 Å². The molecule has 1 aromatic carbocycles. The van der Waals surface area contributed by atoms with Crippen LogP contribution in [0.2, 0.25) is 0 Å². The normalized spacial score (nSPS) is 11.1. The number of nitro benzene ring substituents is 1. The number of aliphatic hydroxyl groups is 1. The number of hydrogen-bond donors (Lipinski definition) is 1. The summed E-state index contributed by atoms with van der Waals surface area (Å²) < 4.78 is 10.7. The van der Waals surface area contributed by atoms with Gasteiger partial charge >= 0.3 is 0 Å². The van der Waals surface area contributed by atoms with E-state index in [2.05, 4.69) is 0 Å². The molecule has 1 unspecified atom stereocenters. The molecule has 0 radical (unpaired) electrons. The van der Waals surface area contributed by atoms with E-state index in [1.165, 1.54) is 24.3 Å². The topological polar surface area (TPSA) is 80.4 Å². The van der Waals surface area contributed by atoms with Crippen molar-refractivity contribution in [3.8, 4) is 0 Å². The molecular formula is C7H8ClNO4S. The van der Waals surface area contributed by atoms with E-state index in [1.54, 1.807) is 0 Å². The number of nitrogens with zero attached hydrogens (tertiary/aromatic N) is 1. The lowest BCUT2D eigenvalue weighted by atomic mass is 10.3. The Balaban J connectivity index is 0.000000791. The quantitative estimate of drug-likeness (QED) is 0.480. The maximum atomic E-state index is 10.7. The van der Waals surface area contributed by atoms with E-state index in [9.17, 15) is 14.3 Å². The van der Waals surface area contributed by atoms with E-state index in [0.29, 0.717) is 0 Å². The minimum atomic E-state index is -1.69. The fraction of sp³-hybridized carbons (Fsp3) is 0.143. The molecule has 0 aliphatic rings. The monoisotopic (exact) mass is 237 g/mol. The van der Waals surface area contributed by atoms with Gasteiger partial charge in [-0.1, -0.05) is 6.07 Å². The molecule has 0 aromatic heterocycles. The zero-order valence-electron chi connectivity index (χ0n) is 7.21. The Morgan fingerprint density at radius 1 is 1.50 bits per heavy atom. The first-order valence-corrected chi connectivity index (χ1v) is 5.36. The Kier molecular flexibility index (Phi) is 6.02. The SMILES string of the molecule is CO.O=[N+]([O-])c1cccc(S(=O)Cl)c1. The van der Waals surface area contributed by atoms with Gasteiger partial charge in [0.05, 0.1) is 9.82 Å². The van der Waals surface area contributed by atoms with Crippen molar-refractivity contribution in [2.75, 3.05) is 7.11 Å². The van der Waals surface area contributed by atoms with Crippen LogP contribution in [-0.2, 0) is 10.0 Å². The van der Waals surface area contributed by atoms with Crippen molar-refractivity contribution in [1.82, 2.24) is 0 Å². The Hall–Kier alpha value is -0.980. The highest BCUT2D eigenvalue weighted by molar-refractivity contribution is 8.08. The number of aliphatic hydroxyl groups excluding tert-OH is 1. The maximum absolute atomic E-state index is 10.7. The van der Waals surface area contributed by atoms with Crippen LogP contribution in [0, 0.1) is 10.1 Å². The summed E-state index contributed by atoms with van der Waals surface area (Å²) in [6.45, 7) is 0. The number of hydrogen-bond acceptors (Lipinski definition) is 4. The van der Waals surface area contributed by atoms with Crippen molar-refractivity contribution < 1.29 is 14.2 Å². The molecule has 1 atom stereocenters. The van der Waals surface area contributed by atoms with Crippen LogP contribution in [0.4, 0.5) is 5.69 Å². The summed E-state index contributed by atoms with van der Waals surface area (Å²) >= 11 is 0. The van der Waals surface area contributed by atoms with E-state index in [4.69, 9.17) is 15.8 Å². The molecule has 5 nitrogen and oxygen atoms in total. The van der Waals surface area contributed by atoms with Gasteiger partial charge in [-0.15, -0.1) is 0 Å². The summed E-state index contributed by atoms with van der Waals surface area (Å²) in [5.74, 6) is 0. The number of halogens is 1. The van der Waals surface area contributed by atoms with Gasteiger partial charge < -0.3 is 5.11 Å². The number of nitro groups is 1. The van der Waals surface area contributed by atoms with Gasteiger partial charge in [0.15, 0.2) is 0 Å². The largest absolute Gasteiger partial charge is 0.400 e. The minimum absolute atomic E-state index is 0.110. The highest BCUT2D eigenvalue weighted by atomic mass is 35.7. The van der Waals surface area contributed by atoms with E-state index in [0.717, 1.165) is 7.11 Å². The Bertz CT molecular complexity index is 315. The van der Waals surface area contributed by atoms with Crippen LogP contribution in [0.25, 0.3) is 0 Å². The first-order chi connectivity index (χ1) is 6.61. The average Bonchev–Trinajstić information content (AvgIpc) is 2.21. The fourth-order valence-corrected chi connectivity index (χ4v) is 1.38. The van der Waals surface area contributed by atoms with Crippen LogP contribution in [-0.4, -0.2) is 21.3 Å². The maximum Gasteiger partial charge on any atom is 0.270 e. The summed E-state index contributed by atoms with van der Waals surface area (Å²) in [5, 5.41) is 17.2. The van der Waals surface area contributed by atoms with Crippen LogP contribution >= 0.6 is 10.7 Å². The van der Waals surface area contributed by atoms with Crippen molar-refractivity contribution in [3.05, 3.63) is 34.4 Å². The van der Waals surface area contributed by atoms with Gasteiger partial charge in [-0.3, -0.25) is 10.1 Å². The summed E-state index contributed by atoms with van der Waals surface area (Å²) in [5.41, 5.74) is -0.110. The average molecular weight is 238 g/mol. The molecule has 1 N–H and O–H groups in total. The van der Waals surface area contributed by atoms with E-state index < -0.39 is 14.9 Å². The van der Waals surface area contributed by atoms with Gasteiger partial charge in [0.25, 0.3) is 5.69 Å². The summed E-state index contributed by atoms with van der Waals surface area (Å²) in [7, 11) is 4.54. The molecule has 0 saturated heterocycles. The highest BCUT2D eigenvalue weighted by Gasteiger charge is 2.07. The lowest BCUT2D eigenvalue weighted by molar-refractivity contribution is -0.385. The minimum Gasteiger partial charge on any atom is -0.400 e. The van der Waals surface area contributed by atoms with Gasteiger partial charge in [-0.05, 0) is 16.7 Å². The zero-order chi connectivity index (χ0) is 11.1. The predicted molar refractivity (Wildman–Crippen MR) is 53.5 cm³/mol.